The minimum Gasteiger partial charge on any atom is -0.336 e. The van der Waals surface area contributed by atoms with Crippen LogP contribution in [0.4, 0.5) is 10.1 Å². The topological polar surface area (TPSA) is 82.6 Å². The molecule has 2 heterocycles. The molecule has 1 fully saturated rings. The molecule has 1 N–H and O–H groups in total. The minimum absolute atomic E-state index is 0.0839. The fraction of sp³-hybridized carbons (Fsp3) is 0.217. The highest BCUT2D eigenvalue weighted by Crippen LogP contribution is 2.27. The molecule has 0 spiro atoms. The third-order valence-electron chi connectivity index (χ3n) is 5.35. The number of hydrogen-bond acceptors (Lipinski definition) is 5. The van der Waals surface area contributed by atoms with Gasteiger partial charge in [-0.25, -0.2) is 12.8 Å². The highest BCUT2D eigenvalue weighted by atomic mass is 35.5. The van der Waals surface area contributed by atoms with Gasteiger partial charge < -0.3 is 4.90 Å². The number of nitrogens with one attached hydrogen (secondary N) is 1. The summed E-state index contributed by atoms with van der Waals surface area (Å²) in [6.07, 6.45) is 1.76. The van der Waals surface area contributed by atoms with Crippen molar-refractivity contribution >= 4 is 33.2 Å². The van der Waals surface area contributed by atoms with Gasteiger partial charge in [0.25, 0.3) is 15.9 Å². The van der Waals surface area contributed by atoms with Gasteiger partial charge in [-0.05, 0) is 54.6 Å². The Bertz CT molecular complexity index is 1230. The standard InChI is InChI=1S/C23H22ClFN4O3S/c24-21-9-4-17(15-22(21)27-33(31,32)20-7-5-18(25)6-8-20)23(30)29-13-11-28(12-14-29)16-19-3-1-2-10-26-19/h1-10,15,27H,11-14,16H2. The van der Waals surface area contributed by atoms with Gasteiger partial charge >= 0.3 is 0 Å². The van der Waals surface area contributed by atoms with Crippen molar-refractivity contribution in [3.8, 4) is 0 Å². The number of nitrogens with zero attached hydrogens (tertiary/aromatic N) is 3. The fourth-order valence-corrected chi connectivity index (χ4v) is 4.86. The Kier molecular flexibility index (Phi) is 6.92. The average Bonchev–Trinajstić information content (AvgIpc) is 2.81. The van der Waals surface area contributed by atoms with Crippen LogP contribution in [0.2, 0.25) is 5.02 Å². The molecule has 3 aromatic rings. The zero-order valence-corrected chi connectivity index (χ0v) is 19.2. The maximum absolute atomic E-state index is 13.1. The number of benzene rings is 2. The third kappa shape index (κ3) is 5.68. The van der Waals surface area contributed by atoms with Gasteiger partial charge in [0, 0.05) is 44.5 Å². The number of sulfonamides is 1. The Balaban J connectivity index is 1.43. The number of carbonyl (C=O) groups is 1. The molecule has 1 amide bonds. The molecule has 33 heavy (non-hydrogen) atoms. The van der Waals surface area contributed by atoms with E-state index in [1.54, 1.807) is 17.2 Å². The maximum Gasteiger partial charge on any atom is 0.261 e. The van der Waals surface area contributed by atoms with E-state index in [-0.39, 0.29) is 21.5 Å². The van der Waals surface area contributed by atoms with Gasteiger partial charge in [-0.1, -0.05) is 17.7 Å². The number of aromatic nitrogens is 1. The first-order valence-corrected chi connectivity index (χ1v) is 12.2. The van der Waals surface area contributed by atoms with Crippen molar-refractivity contribution in [3.05, 3.63) is 89.0 Å². The van der Waals surface area contributed by atoms with Crippen LogP contribution in [0.1, 0.15) is 16.1 Å². The molecule has 1 saturated heterocycles. The van der Waals surface area contributed by atoms with E-state index < -0.39 is 15.8 Å². The van der Waals surface area contributed by atoms with Crippen molar-refractivity contribution in [2.24, 2.45) is 0 Å². The lowest BCUT2D eigenvalue weighted by Gasteiger charge is -2.34. The van der Waals surface area contributed by atoms with Crippen LogP contribution in [0.15, 0.2) is 71.8 Å². The summed E-state index contributed by atoms with van der Waals surface area (Å²) in [5.41, 5.74) is 1.39. The molecule has 0 atom stereocenters. The van der Waals surface area contributed by atoms with E-state index in [0.29, 0.717) is 31.7 Å². The van der Waals surface area contributed by atoms with E-state index in [1.807, 2.05) is 18.2 Å². The summed E-state index contributed by atoms with van der Waals surface area (Å²) in [5.74, 6) is -0.744. The molecule has 7 nitrogen and oxygen atoms in total. The Labute approximate surface area is 196 Å². The highest BCUT2D eigenvalue weighted by Gasteiger charge is 2.24. The summed E-state index contributed by atoms with van der Waals surface area (Å²) in [5, 5.41) is 0.150. The van der Waals surface area contributed by atoms with Crippen LogP contribution in [0.5, 0.6) is 0 Å². The molecule has 0 saturated carbocycles. The van der Waals surface area contributed by atoms with E-state index in [9.17, 15) is 17.6 Å². The summed E-state index contributed by atoms with van der Waals surface area (Å²) in [4.78, 5) is 21.2. The van der Waals surface area contributed by atoms with Crippen molar-refractivity contribution in [2.45, 2.75) is 11.4 Å². The second-order valence-electron chi connectivity index (χ2n) is 7.64. The van der Waals surface area contributed by atoms with Crippen molar-refractivity contribution in [3.63, 3.8) is 0 Å². The lowest BCUT2D eigenvalue weighted by molar-refractivity contribution is 0.0627. The molecule has 1 aliphatic rings. The zero-order valence-electron chi connectivity index (χ0n) is 17.6. The molecule has 1 aromatic heterocycles. The molecule has 0 radical (unpaired) electrons. The van der Waals surface area contributed by atoms with Gasteiger partial charge in [-0.15, -0.1) is 0 Å². The first-order chi connectivity index (χ1) is 15.8. The number of anilines is 1. The quantitative estimate of drug-likeness (QED) is 0.573. The number of carbonyl (C=O) groups excluding carboxylic acids is 1. The predicted molar refractivity (Wildman–Crippen MR) is 124 cm³/mol. The second-order valence-corrected chi connectivity index (χ2v) is 9.73. The Morgan fingerprint density at radius 2 is 1.76 bits per heavy atom. The van der Waals surface area contributed by atoms with Crippen LogP contribution in [-0.2, 0) is 16.6 Å². The van der Waals surface area contributed by atoms with Crippen LogP contribution >= 0.6 is 11.6 Å². The maximum atomic E-state index is 13.1. The number of halogens is 2. The fourth-order valence-electron chi connectivity index (χ4n) is 3.57. The molecular weight excluding hydrogens is 467 g/mol. The van der Waals surface area contributed by atoms with Crippen LogP contribution < -0.4 is 4.72 Å². The highest BCUT2D eigenvalue weighted by molar-refractivity contribution is 7.92. The Hall–Kier alpha value is -3.01. The van der Waals surface area contributed by atoms with Crippen molar-refractivity contribution in [1.29, 1.82) is 0 Å². The summed E-state index contributed by atoms with van der Waals surface area (Å²) < 4.78 is 40.8. The van der Waals surface area contributed by atoms with E-state index in [2.05, 4.69) is 14.6 Å². The first kappa shape index (κ1) is 23.2. The van der Waals surface area contributed by atoms with E-state index in [0.717, 1.165) is 36.5 Å². The van der Waals surface area contributed by atoms with Crippen molar-refractivity contribution in [1.82, 2.24) is 14.8 Å². The van der Waals surface area contributed by atoms with Gasteiger partial charge in [-0.3, -0.25) is 19.4 Å². The van der Waals surface area contributed by atoms with Crippen molar-refractivity contribution < 1.29 is 17.6 Å². The second kappa shape index (κ2) is 9.86. The van der Waals surface area contributed by atoms with Gasteiger partial charge in [0.2, 0.25) is 0 Å². The number of pyridine rings is 1. The SMILES string of the molecule is O=C(c1ccc(Cl)c(NS(=O)(=O)c2ccc(F)cc2)c1)N1CCN(Cc2ccccn2)CC1. The lowest BCUT2D eigenvalue weighted by Crippen LogP contribution is -2.48. The van der Waals surface area contributed by atoms with E-state index >= 15 is 0 Å². The van der Waals surface area contributed by atoms with Crippen molar-refractivity contribution in [2.75, 3.05) is 30.9 Å². The van der Waals surface area contributed by atoms with Gasteiger partial charge in [0.15, 0.2) is 0 Å². The van der Waals surface area contributed by atoms with Gasteiger partial charge in [0.05, 0.1) is 21.3 Å². The third-order valence-corrected chi connectivity index (χ3v) is 7.06. The number of hydrogen-bond donors (Lipinski definition) is 1. The van der Waals surface area contributed by atoms with E-state index in [4.69, 9.17) is 11.6 Å². The minimum atomic E-state index is -4.00. The zero-order chi connectivity index (χ0) is 23.4. The average molecular weight is 489 g/mol. The molecular formula is C23H22ClFN4O3S. The van der Waals surface area contributed by atoms with Crippen LogP contribution in [-0.4, -0.2) is 55.3 Å². The summed E-state index contributed by atoms with van der Waals surface area (Å²) in [6, 6.07) is 14.7. The van der Waals surface area contributed by atoms with Gasteiger partial charge in [-0.2, -0.15) is 0 Å². The normalized spacial score (nSPS) is 14.8. The lowest BCUT2D eigenvalue weighted by atomic mass is 10.1. The van der Waals surface area contributed by atoms with Gasteiger partial charge in [0.1, 0.15) is 5.82 Å². The molecule has 172 valence electrons. The molecule has 2 aromatic carbocycles. The smallest absolute Gasteiger partial charge is 0.261 e. The predicted octanol–water partition coefficient (Wildman–Crippen LogP) is 3.63. The van der Waals surface area contributed by atoms with Crippen LogP contribution in [0.3, 0.4) is 0 Å². The first-order valence-electron chi connectivity index (χ1n) is 10.3. The molecule has 4 rings (SSSR count). The Morgan fingerprint density at radius 1 is 1.03 bits per heavy atom. The summed E-state index contributed by atoms with van der Waals surface area (Å²) in [7, 11) is -4.00. The molecule has 10 heteroatoms. The van der Waals surface area contributed by atoms with Crippen LogP contribution in [0.25, 0.3) is 0 Å². The largest absolute Gasteiger partial charge is 0.336 e. The summed E-state index contributed by atoms with van der Waals surface area (Å²) >= 11 is 6.18. The van der Waals surface area contributed by atoms with Crippen LogP contribution in [0, 0.1) is 5.82 Å². The van der Waals surface area contributed by atoms with E-state index in [1.165, 1.54) is 12.1 Å². The molecule has 1 aliphatic heterocycles. The molecule has 0 bridgehead atoms. The molecule has 0 aliphatic carbocycles. The summed E-state index contributed by atoms with van der Waals surface area (Å²) in [6.45, 7) is 3.23. The number of rotatable bonds is 6. The molecule has 0 unspecified atom stereocenters. The number of piperazine rings is 1. The Morgan fingerprint density at radius 3 is 2.42 bits per heavy atom. The monoisotopic (exact) mass is 488 g/mol. The number of amides is 1.